The molecule has 1 saturated heterocycles. The van der Waals surface area contributed by atoms with Crippen molar-refractivity contribution in [2.24, 2.45) is 17.8 Å². The highest BCUT2D eigenvalue weighted by Gasteiger charge is 2.37. The Bertz CT molecular complexity index is 266. The minimum Gasteiger partial charge on any atom is -0.381 e. The van der Waals surface area contributed by atoms with Gasteiger partial charge in [0.05, 0.1) is 18.8 Å². The molecule has 1 saturated carbocycles. The summed E-state index contributed by atoms with van der Waals surface area (Å²) in [5.41, 5.74) is 0.0873. The summed E-state index contributed by atoms with van der Waals surface area (Å²) < 4.78 is 11.9. The van der Waals surface area contributed by atoms with Gasteiger partial charge in [0.25, 0.3) is 0 Å². The van der Waals surface area contributed by atoms with Crippen LogP contribution in [0.2, 0.25) is 0 Å². The van der Waals surface area contributed by atoms with E-state index in [2.05, 4.69) is 26.1 Å². The van der Waals surface area contributed by atoms with E-state index in [1.165, 1.54) is 32.1 Å². The largest absolute Gasteiger partial charge is 0.381 e. The minimum absolute atomic E-state index is 0.0873. The summed E-state index contributed by atoms with van der Waals surface area (Å²) in [5.74, 6) is 2.33. The van der Waals surface area contributed by atoms with E-state index in [1.807, 2.05) is 0 Å². The Kier molecular flexibility index (Phi) is 6.31. The molecule has 3 nitrogen and oxygen atoms in total. The van der Waals surface area contributed by atoms with Crippen LogP contribution in [0.5, 0.6) is 0 Å². The van der Waals surface area contributed by atoms with Gasteiger partial charge in [-0.1, -0.05) is 20.8 Å². The van der Waals surface area contributed by atoms with E-state index < -0.39 is 0 Å². The van der Waals surface area contributed by atoms with E-state index in [1.54, 1.807) is 0 Å². The predicted molar refractivity (Wildman–Crippen MR) is 82.9 cm³/mol. The maximum Gasteiger partial charge on any atom is 0.0806 e. The first-order chi connectivity index (χ1) is 9.65. The van der Waals surface area contributed by atoms with Gasteiger partial charge in [0.2, 0.25) is 0 Å². The molecule has 0 spiro atoms. The fraction of sp³-hybridized carbons (Fsp3) is 1.00. The molecular formula is C17H33NO2. The predicted octanol–water partition coefficient (Wildman–Crippen LogP) is 3.23. The van der Waals surface area contributed by atoms with Crippen LogP contribution in [-0.4, -0.2) is 38.5 Å². The molecule has 20 heavy (non-hydrogen) atoms. The van der Waals surface area contributed by atoms with Crippen molar-refractivity contribution in [3.05, 3.63) is 0 Å². The number of rotatable bonds is 7. The molecule has 0 aromatic rings. The van der Waals surface area contributed by atoms with Gasteiger partial charge < -0.3 is 14.8 Å². The lowest BCUT2D eigenvalue weighted by Crippen LogP contribution is -2.47. The maximum absolute atomic E-state index is 6.44. The van der Waals surface area contributed by atoms with Gasteiger partial charge in [-0.2, -0.15) is 0 Å². The van der Waals surface area contributed by atoms with Gasteiger partial charge in [0.1, 0.15) is 0 Å². The topological polar surface area (TPSA) is 30.5 Å². The summed E-state index contributed by atoms with van der Waals surface area (Å²) in [4.78, 5) is 0. The van der Waals surface area contributed by atoms with Gasteiger partial charge in [-0.05, 0) is 50.5 Å². The standard InChI is InChI=1S/C17H33NO2/c1-4-18-13-17(20-12-15-7-10-19-11-15)8-5-16(6-9-17)14(2)3/h14-16,18H,4-13H2,1-3H3. The Morgan fingerprint density at radius 3 is 2.55 bits per heavy atom. The summed E-state index contributed by atoms with van der Waals surface area (Å²) in [6.07, 6.45) is 6.26. The molecule has 1 aliphatic heterocycles. The maximum atomic E-state index is 6.44. The fourth-order valence-corrected chi connectivity index (χ4v) is 3.57. The second kappa shape index (κ2) is 7.77. The summed E-state index contributed by atoms with van der Waals surface area (Å²) in [6, 6.07) is 0. The lowest BCUT2D eigenvalue weighted by molar-refractivity contribution is -0.0913. The van der Waals surface area contributed by atoms with Gasteiger partial charge in [-0.15, -0.1) is 0 Å². The Labute approximate surface area is 124 Å². The summed E-state index contributed by atoms with van der Waals surface area (Å²) in [6.45, 7) is 11.6. The van der Waals surface area contributed by atoms with Crippen LogP contribution in [-0.2, 0) is 9.47 Å². The van der Waals surface area contributed by atoms with Gasteiger partial charge >= 0.3 is 0 Å². The zero-order chi connectivity index (χ0) is 14.4. The first kappa shape index (κ1) is 16.3. The van der Waals surface area contributed by atoms with Crippen LogP contribution >= 0.6 is 0 Å². The number of hydrogen-bond acceptors (Lipinski definition) is 3. The zero-order valence-corrected chi connectivity index (χ0v) is 13.6. The third-order valence-corrected chi connectivity index (χ3v) is 5.23. The molecule has 0 amide bonds. The molecule has 1 heterocycles. The average molecular weight is 283 g/mol. The van der Waals surface area contributed by atoms with Crippen molar-refractivity contribution in [2.45, 2.75) is 58.5 Å². The van der Waals surface area contributed by atoms with Crippen molar-refractivity contribution in [1.82, 2.24) is 5.32 Å². The van der Waals surface area contributed by atoms with E-state index in [9.17, 15) is 0 Å². The number of nitrogens with one attached hydrogen (secondary N) is 1. The first-order valence-corrected chi connectivity index (χ1v) is 8.57. The molecule has 1 unspecified atom stereocenters. The highest BCUT2D eigenvalue weighted by molar-refractivity contribution is 4.90. The summed E-state index contributed by atoms with van der Waals surface area (Å²) >= 11 is 0. The normalized spacial score (nSPS) is 34.8. The monoisotopic (exact) mass is 283 g/mol. The quantitative estimate of drug-likeness (QED) is 0.778. The molecule has 0 aromatic carbocycles. The first-order valence-electron chi connectivity index (χ1n) is 8.57. The molecule has 0 radical (unpaired) electrons. The zero-order valence-electron chi connectivity index (χ0n) is 13.6. The molecule has 0 aromatic heterocycles. The lowest BCUT2D eigenvalue weighted by atomic mass is 9.74. The second-order valence-corrected chi connectivity index (χ2v) is 7.09. The molecule has 1 atom stereocenters. The summed E-state index contributed by atoms with van der Waals surface area (Å²) in [7, 11) is 0. The molecule has 118 valence electrons. The second-order valence-electron chi connectivity index (χ2n) is 7.09. The molecular weight excluding hydrogens is 250 g/mol. The van der Waals surface area contributed by atoms with Gasteiger partial charge in [0, 0.05) is 19.1 Å². The highest BCUT2D eigenvalue weighted by Crippen LogP contribution is 2.38. The van der Waals surface area contributed by atoms with Crippen LogP contribution in [0.25, 0.3) is 0 Å². The van der Waals surface area contributed by atoms with Crippen molar-refractivity contribution in [3.63, 3.8) is 0 Å². The summed E-state index contributed by atoms with van der Waals surface area (Å²) in [5, 5.41) is 3.52. The lowest BCUT2D eigenvalue weighted by Gasteiger charge is -2.42. The van der Waals surface area contributed by atoms with Gasteiger partial charge in [-0.3, -0.25) is 0 Å². The van der Waals surface area contributed by atoms with Crippen molar-refractivity contribution in [3.8, 4) is 0 Å². The molecule has 1 aliphatic carbocycles. The molecule has 0 bridgehead atoms. The third-order valence-electron chi connectivity index (χ3n) is 5.23. The van der Waals surface area contributed by atoms with Gasteiger partial charge in [0.15, 0.2) is 0 Å². The Morgan fingerprint density at radius 1 is 1.25 bits per heavy atom. The molecule has 3 heteroatoms. The van der Waals surface area contributed by atoms with E-state index in [4.69, 9.17) is 9.47 Å². The third kappa shape index (κ3) is 4.44. The van der Waals surface area contributed by atoms with Crippen molar-refractivity contribution in [1.29, 1.82) is 0 Å². The van der Waals surface area contributed by atoms with E-state index >= 15 is 0 Å². The van der Waals surface area contributed by atoms with Crippen LogP contribution in [0.4, 0.5) is 0 Å². The average Bonchev–Trinajstić information content (AvgIpc) is 2.97. The molecule has 2 fully saturated rings. The molecule has 2 aliphatic rings. The van der Waals surface area contributed by atoms with E-state index in [0.717, 1.165) is 44.7 Å². The number of likely N-dealkylation sites (N-methyl/N-ethyl adjacent to an activating group) is 1. The highest BCUT2D eigenvalue weighted by atomic mass is 16.5. The van der Waals surface area contributed by atoms with E-state index in [0.29, 0.717) is 5.92 Å². The molecule has 2 rings (SSSR count). The Balaban J connectivity index is 1.85. The van der Waals surface area contributed by atoms with Crippen molar-refractivity contribution >= 4 is 0 Å². The van der Waals surface area contributed by atoms with Crippen LogP contribution in [0.1, 0.15) is 52.9 Å². The fourth-order valence-electron chi connectivity index (χ4n) is 3.57. The molecule has 1 N–H and O–H groups in total. The number of ether oxygens (including phenoxy) is 2. The number of hydrogen-bond donors (Lipinski definition) is 1. The van der Waals surface area contributed by atoms with Crippen LogP contribution in [0, 0.1) is 17.8 Å². The van der Waals surface area contributed by atoms with Gasteiger partial charge in [-0.25, -0.2) is 0 Å². The van der Waals surface area contributed by atoms with Crippen molar-refractivity contribution in [2.75, 3.05) is 32.9 Å². The Hall–Kier alpha value is -0.120. The Morgan fingerprint density at radius 2 is 2.00 bits per heavy atom. The smallest absolute Gasteiger partial charge is 0.0806 e. The SMILES string of the molecule is CCNCC1(OCC2CCOC2)CCC(C(C)C)CC1. The minimum atomic E-state index is 0.0873. The van der Waals surface area contributed by atoms with Crippen LogP contribution in [0.3, 0.4) is 0 Å². The van der Waals surface area contributed by atoms with Crippen LogP contribution < -0.4 is 5.32 Å². The van der Waals surface area contributed by atoms with E-state index in [-0.39, 0.29) is 5.60 Å². The van der Waals surface area contributed by atoms with Crippen LogP contribution in [0.15, 0.2) is 0 Å². The van der Waals surface area contributed by atoms with Crippen molar-refractivity contribution < 1.29 is 9.47 Å².